The number of carbonyl (C=O) groups excluding carboxylic acids is 1. The quantitative estimate of drug-likeness (QED) is 0.802. The van der Waals surface area contributed by atoms with Crippen molar-refractivity contribution in [1.29, 1.82) is 0 Å². The molecule has 2 rings (SSSR count). The van der Waals surface area contributed by atoms with Crippen LogP contribution in [0.4, 0.5) is 5.69 Å². The molecule has 1 aromatic rings. The summed E-state index contributed by atoms with van der Waals surface area (Å²) < 4.78 is 27.7. The van der Waals surface area contributed by atoms with Crippen LogP contribution in [0.3, 0.4) is 0 Å². The first-order chi connectivity index (χ1) is 10.8. The van der Waals surface area contributed by atoms with Crippen LogP contribution in [0.5, 0.6) is 0 Å². The molecule has 2 unspecified atom stereocenters. The number of rotatable bonds is 5. The number of nitrogens with one attached hydrogen (secondary N) is 1. The fourth-order valence-corrected chi connectivity index (χ4v) is 3.61. The zero-order valence-electron chi connectivity index (χ0n) is 13.5. The molecule has 0 aromatic heterocycles. The lowest BCUT2D eigenvalue weighted by atomic mass is 9.80. The number of sulfonamides is 1. The summed E-state index contributed by atoms with van der Waals surface area (Å²) in [6, 6.07) is 4.22. The number of esters is 1. The molecule has 1 fully saturated rings. The van der Waals surface area contributed by atoms with Gasteiger partial charge in [-0.05, 0) is 36.5 Å². The smallest absolute Gasteiger partial charge is 0.340 e. The molecule has 7 heteroatoms. The second kappa shape index (κ2) is 7.31. The van der Waals surface area contributed by atoms with Crippen molar-refractivity contribution in [2.75, 3.05) is 19.0 Å². The monoisotopic (exact) mass is 340 g/mol. The SMILES string of the molecule is COC(=O)c1cc(S(N)(=O)=O)ccc1NCC1CCCCC1C. The van der Waals surface area contributed by atoms with Gasteiger partial charge in [0.15, 0.2) is 0 Å². The van der Waals surface area contributed by atoms with Crippen LogP contribution in [0.1, 0.15) is 43.0 Å². The van der Waals surface area contributed by atoms with Crippen molar-refractivity contribution in [2.24, 2.45) is 17.0 Å². The molecule has 0 radical (unpaired) electrons. The van der Waals surface area contributed by atoms with E-state index < -0.39 is 16.0 Å². The van der Waals surface area contributed by atoms with Crippen LogP contribution in [0.25, 0.3) is 0 Å². The van der Waals surface area contributed by atoms with Crippen LogP contribution in [-0.4, -0.2) is 28.0 Å². The molecule has 0 bridgehead atoms. The average Bonchev–Trinajstić information content (AvgIpc) is 2.52. The number of nitrogens with two attached hydrogens (primary N) is 1. The van der Waals surface area contributed by atoms with Crippen LogP contribution in [0, 0.1) is 11.8 Å². The Morgan fingerprint density at radius 3 is 2.65 bits per heavy atom. The molecule has 1 aliphatic carbocycles. The van der Waals surface area contributed by atoms with Gasteiger partial charge in [-0.2, -0.15) is 0 Å². The molecule has 128 valence electrons. The highest BCUT2D eigenvalue weighted by atomic mass is 32.2. The van der Waals surface area contributed by atoms with Crippen molar-refractivity contribution in [3.63, 3.8) is 0 Å². The summed E-state index contributed by atoms with van der Waals surface area (Å²) in [7, 11) is -2.60. The summed E-state index contributed by atoms with van der Waals surface area (Å²) in [6.07, 6.45) is 4.89. The van der Waals surface area contributed by atoms with E-state index in [1.807, 2.05) is 0 Å². The topological polar surface area (TPSA) is 98.5 Å². The Morgan fingerprint density at radius 2 is 2.04 bits per heavy atom. The van der Waals surface area contributed by atoms with E-state index in [1.165, 1.54) is 38.5 Å². The Balaban J connectivity index is 2.21. The first-order valence-electron chi connectivity index (χ1n) is 7.82. The summed E-state index contributed by atoms with van der Waals surface area (Å²) in [5, 5.41) is 8.40. The molecule has 0 aliphatic heterocycles. The van der Waals surface area contributed by atoms with E-state index in [0.29, 0.717) is 17.5 Å². The standard InChI is InChI=1S/C16H24N2O4S/c1-11-5-3-4-6-12(11)10-18-15-8-7-13(23(17,20)21)9-14(15)16(19)22-2/h7-9,11-12,18H,3-6,10H2,1-2H3,(H2,17,20,21). The molecule has 0 heterocycles. The van der Waals surface area contributed by atoms with E-state index in [4.69, 9.17) is 9.88 Å². The number of benzene rings is 1. The molecule has 0 spiro atoms. The lowest BCUT2D eigenvalue weighted by Gasteiger charge is -2.29. The van der Waals surface area contributed by atoms with Gasteiger partial charge in [-0.1, -0.05) is 26.2 Å². The van der Waals surface area contributed by atoms with Crippen molar-refractivity contribution in [3.05, 3.63) is 23.8 Å². The van der Waals surface area contributed by atoms with Crippen molar-refractivity contribution in [3.8, 4) is 0 Å². The summed E-state index contributed by atoms with van der Waals surface area (Å²) >= 11 is 0. The van der Waals surface area contributed by atoms with Crippen molar-refractivity contribution in [2.45, 2.75) is 37.5 Å². The Labute approximate surface area is 137 Å². The van der Waals surface area contributed by atoms with Gasteiger partial charge in [-0.15, -0.1) is 0 Å². The number of hydrogen-bond acceptors (Lipinski definition) is 5. The van der Waals surface area contributed by atoms with Gasteiger partial charge >= 0.3 is 5.97 Å². The van der Waals surface area contributed by atoms with Crippen LogP contribution in [0.2, 0.25) is 0 Å². The predicted octanol–water partition coefficient (Wildman–Crippen LogP) is 2.36. The number of anilines is 1. The molecule has 0 amide bonds. The second-order valence-electron chi connectivity index (χ2n) is 6.15. The molecule has 23 heavy (non-hydrogen) atoms. The van der Waals surface area contributed by atoms with Crippen LogP contribution in [-0.2, 0) is 14.8 Å². The zero-order chi connectivity index (χ0) is 17.0. The Kier molecular flexibility index (Phi) is 5.64. The van der Waals surface area contributed by atoms with E-state index >= 15 is 0 Å². The second-order valence-corrected chi connectivity index (χ2v) is 7.71. The number of carbonyl (C=O) groups is 1. The molecule has 3 N–H and O–H groups in total. The maximum atomic E-state index is 11.9. The van der Waals surface area contributed by atoms with Crippen LogP contribution >= 0.6 is 0 Å². The normalized spacial score (nSPS) is 21.7. The lowest BCUT2D eigenvalue weighted by molar-refractivity contribution is 0.0601. The maximum absolute atomic E-state index is 11.9. The minimum atomic E-state index is -3.86. The van der Waals surface area contributed by atoms with E-state index in [0.717, 1.165) is 13.0 Å². The highest BCUT2D eigenvalue weighted by Gasteiger charge is 2.22. The number of ether oxygens (including phenoxy) is 1. The summed E-state index contributed by atoms with van der Waals surface area (Å²) in [5.74, 6) is 0.600. The number of primary sulfonamides is 1. The van der Waals surface area contributed by atoms with Gasteiger partial charge in [-0.25, -0.2) is 18.4 Å². The van der Waals surface area contributed by atoms with Crippen LogP contribution < -0.4 is 10.5 Å². The minimum Gasteiger partial charge on any atom is -0.465 e. The maximum Gasteiger partial charge on any atom is 0.340 e. The molecule has 1 aromatic carbocycles. The van der Waals surface area contributed by atoms with Gasteiger partial charge in [0.05, 0.1) is 17.6 Å². The predicted molar refractivity (Wildman–Crippen MR) is 88.8 cm³/mol. The Morgan fingerprint density at radius 1 is 1.35 bits per heavy atom. The van der Waals surface area contributed by atoms with Gasteiger partial charge in [0.25, 0.3) is 0 Å². The highest BCUT2D eigenvalue weighted by molar-refractivity contribution is 7.89. The third-order valence-electron chi connectivity index (χ3n) is 4.57. The Bertz CT molecular complexity index is 673. The zero-order valence-corrected chi connectivity index (χ0v) is 14.4. The largest absolute Gasteiger partial charge is 0.465 e. The van der Waals surface area contributed by atoms with E-state index in [1.54, 1.807) is 6.07 Å². The molecular weight excluding hydrogens is 316 g/mol. The van der Waals surface area contributed by atoms with Crippen molar-refractivity contribution >= 4 is 21.7 Å². The summed E-state index contributed by atoms with van der Waals surface area (Å²) in [5.41, 5.74) is 0.754. The highest BCUT2D eigenvalue weighted by Crippen LogP contribution is 2.30. The molecule has 2 atom stereocenters. The third-order valence-corrected chi connectivity index (χ3v) is 5.48. The molecule has 1 aliphatic rings. The van der Waals surface area contributed by atoms with Gasteiger partial charge in [0, 0.05) is 12.2 Å². The lowest BCUT2D eigenvalue weighted by Crippen LogP contribution is -2.25. The van der Waals surface area contributed by atoms with Gasteiger partial charge in [0.2, 0.25) is 10.0 Å². The summed E-state index contributed by atoms with van der Waals surface area (Å²) in [6.45, 7) is 3.00. The van der Waals surface area contributed by atoms with Gasteiger partial charge < -0.3 is 10.1 Å². The van der Waals surface area contributed by atoms with Crippen molar-refractivity contribution in [1.82, 2.24) is 0 Å². The Hall–Kier alpha value is -1.60. The van der Waals surface area contributed by atoms with Gasteiger partial charge in [-0.3, -0.25) is 0 Å². The van der Waals surface area contributed by atoms with E-state index in [-0.39, 0.29) is 10.5 Å². The minimum absolute atomic E-state index is 0.102. The third kappa shape index (κ3) is 4.45. The van der Waals surface area contributed by atoms with E-state index in [9.17, 15) is 13.2 Å². The fourth-order valence-electron chi connectivity index (χ4n) is 3.07. The van der Waals surface area contributed by atoms with Gasteiger partial charge in [0.1, 0.15) is 0 Å². The van der Waals surface area contributed by atoms with Crippen molar-refractivity contribution < 1.29 is 17.9 Å². The number of hydrogen-bond donors (Lipinski definition) is 2. The fraction of sp³-hybridized carbons (Fsp3) is 0.562. The number of methoxy groups -OCH3 is 1. The van der Waals surface area contributed by atoms with Crippen LogP contribution in [0.15, 0.2) is 23.1 Å². The average molecular weight is 340 g/mol. The molecule has 0 saturated heterocycles. The molecule has 1 saturated carbocycles. The molecular formula is C16H24N2O4S. The first-order valence-corrected chi connectivity index (χ1v) is 9.36. The first kappa shape index (κ1) is 17.7. The summed E-state index contributed by atoms with van der Waals surface area (Å²) in [4.78, 5) is 11.8. The molecule has 6 nitrogen and oxygen atoms in total. The van der Waals surface area contributed by atoms with E-state index in [2.05, 4.69) is 12.2 Å².